The van der Waals surface area contributed by atoms with Gasteiger partial charge in [-0.25, -0.2) is 14.8 Å². The topological polar surface area (TPSA) is 78.9 Å². The molecule has 5 nitrogen and oxygen atoms in total. The minimum Gasteiger partial charge on any atom is -0.477 e. The summed E-state index contributed by atoms with van der Waals surface area (Å²) in [6.07, 6.45) is 3.41. The van der Waals surface area contributed by atoms with Gasteiger partial charge in [0, 0.05) is 18.1 Å². The molecule has 0 aliphatic rings. The lowest BCUT2D eigenvalue weighted by Gasteiger charge is -1.99. The Bertz CT molecular complexity index is 485. The van der Waals surface area contributed by atoms with E-state index in [4.69, 9.17) is 5.11 Å². The standard InChI is InChI=1S/C10H9N3O2S/c14-9(15)8-3-1-2-7(13-8)6-16-10-11-4-5-12-10/h1-5H,6H2,(H,11,12)(H,14,15). The average Bonchev–Trinajstić information content (AvgIpc) is 2.79. The largest absolute Gasteiger partial charge is 0.477 e. The fourth-order valence-electron chi connectivity index (χ4n) is 1.15. The van der Waals surface area contributed by atoms with E-state index in [1.807, 2.05) is 0 Å². The van der Waals surface area contributed by atoms with E-state index >= 15 is 0 Å². The number of carbonyl (C=O) groups is 1. The summed E-state index contributed by atoms with van der Waals surface area (Å²) in [5.74, 6) is -0.418. The number of hydrogen-bond acceptors (Lipinski definition) is 4. The fraction of sp³-hybridized carbons (Fsp3) is 0.100. The number of rotatable bonds is 4. The van der Waals surface area contributed by atoms with Crippen LogP contribution in [0.3, 0.4) is 0 Å². The molecular formula is C10H9N3O2S. The first-order chi connectivity index (χ1) is 7.75. The number of aromatic amines is 1. The molecule has 82 valence electrons. The van der Waals surface area contributed by atoms with Gasteiger partial charge in [0.25, 0.3) is 0 Å². The number of nitrogens with zero attached hydrogens (tertiary/aromatic N) is 2. The third kappa shape index (κ3) is 2.60. The van der Waals surface area contributed by atoms with Gasteiger partial charge in [-0.15, -0.1) is 0 Å². The van der Waals surface area contributed by atoms with Crippen molar-refractivity contribution >= 4 is 17.7 Å². The van der Waals surface area contributed by atoms with E-state index in [0.29, 0.717) is 5.75 Å². The number of nitrogens with one attached hydrogen (secondary N) is 1. The van der Waals surface area contributed by atoms with E-state index in [1.165, 1.54) is 17.8 Å². The Balaban J connectivity index is 2.04. The number of H-pyrrole nitrogens is 1. The normalized spacial score (nSPS) is 10.2. The van der Waals surface area contributed by atoms with E-state index in [1.54, 1.807) is 24.5 Å². The van der Waals surface area contributed by atoms with Crippen LogP contribution in [0.1, 0.15) is 16.2 Å². The molecule has 2 aromatic rings. The lowest BCUT2D eigenvalue weighted by molar-refractivity contribution is 0.0690. The van der Waals surface area contributed by atoms with Gasteiger partial charge in [-0.05, 0) is 12.1 Å². The molecule has 0 aromatic carbocycles. The number of pyridine rings is 1. The van der Waals surface area contributed by atoms with Crippen LogP contribution in [0.2, 0.25) is 0 Å². The molecule has 6 heteroatoms. The number of hydrogen-bond donors (Lipinski definition) is 2. The van der Waals surface area contributed by atoms with Gasteiger partial charge in [0.1, 0.15) is 5.69 Å². The van der Waals surface area contributed by atoms with Crippen LogP contribution in [0.15, 0.2) is 35.7 Å². The lowest BCUT2D eigenvalue weighted by atomic mass is 10.3. The molecule has 2 rings (SSSR count). The highest BCUT2D eigenvalue weighted by molar-refractivity contribution is 7.98. The molecule has 0 aliphatic carbocycles. The first kappa shape index (κ1) is 10.7. The summed E-state index contributed by atoms with van der Waals surface area (Å²) in [5, 5.41) is 9.57. The van der Waals surface area contributed by atoms with E-state index in [9.17, 15) is 4.79 Å². The summed E-state index contributed by atoms with van der Waals surface area (Å²) < 4.78 is 0. The van der Waals surface area contributed by atoms with E-state index in [0.717, 1.165) is 10.9 Å². The number of aromatic nitrogens is 3. The van der Waals surface area contributed by atoms with Gasteiger partial charge in [-0.2, -0.15) is 0 Å². The van der Waals surface area contributed by atoms with Crippen molar-refractivity contribution in [1.29, 1.82) is 0 Å². The third-order valence-corrected chi connectivity index (χ3v) is 2.79. The van der Waals surface area contributed by atoms with Crippen molar-refractivity contribution < 1.29 is 9.90 Å². The summed E-state index contributed by atoms with van der Waals surface area (Å²) in [7, 11) is 0. The highest BCUT2D eigenvalue weighted by Crippen LogP contribution is 2.17. The first-order valence-corrected chi connectivity index (χ1v) is 5.55. The molecule has 0 fully saturated rings. The summed E-state index contributed by atoms with van der Waals surface area (Å²) in [6, 6.07) is 4.96. The van der Waals surface area contributed by atoms with Crippen LogP contribution in [0.5, 0.6) is 0 Å². The summed E-state index contributed by atoms with van der Waals surface area (Å²) in [5.41, 5.74) is 0.791. The van der Waals surface area contributed by atoms with Crippen LogP contribution >= 0.6 is 11.8 Å². The Morgan fingerprint density at radius 2 is 2.38 bits per heavy atom. The maximum atomic E-state index is 10.7. The van der Waals surface area contributed by atoms with Crippen LogP contribution in [-0.2, 0) is 5.75 Å². The average molecular weight is 235 g/mol. The van der Waals surface area contributed by atoms with Gasteiger partial charge in [-0.3, -0.25) is 0 Å². The predicted octanol–water partition coefficient (Wildman–Crippen LogP) is 1.80. The van der Waals surface area contributed by atoms with Crippen molar-refractivity contribution in [3.8, 4) is 0 Å². The van der Waals surface area contributed by atoms with Crippen LogP contribution in [0.4, 0.5) is 0 Å². The third-order valence-electron chi connectivity index (χ3n) is 1.86. The van der Waals surface area contributed by atoms with Crippen LogP contribution in [-0.4, -0.2) is 26.0 Å². The Hall–Kier alpha value is -1.82. The minimum atomic E-state index is -1.01. The van der Waals surface area contributed by atoms with Crippen molar-refractivity contribution in [2.45, 2.75) is 10.9 Å². The van der Waals surface area contributed by atoms with Crippen LogP contribution in [0, 0.1) is 0 Å². The van der Waals surface area contributed by atoms with Crippen molar-refractivity contribution in [2.24, 2.45) is 0 Å². The molecule has 0 aliphatic heterocycles. The number of carboxylic acid groups (broad SMARTS) is 1. The number of imidazole rings is 1. The highest BCUT2D eigenvalue weighted by Gasteiger charge is 2.05. The quantitative estimate of drug-likeness (QED) is 0.790. The Morgan fingerprint density at radius 1 is 1.50 bits per heavy atom. The van der Waals surface area contributed by atoms with Crippen molar-refractivity contribution in [3.05, 3.63) is 42.0 Å². The van der Waals surface area contributed by atoms with Crippen LogP contribution in [0.25, 0.3) is 0 Å². The predicted molar refractivity (Wildman–Crippen MR) is 59.3 cm³/mol. The Kier molecular flexibility index (Phi) is 3.21. The van der Waals surface area contributed by atoms with Gasteiger partial charge in [0.05, 0.1) is 5.69 Å². The highest BCUT2D eigenvalue weighted by atomic mass is 32.2. The molecule has 2 aromatic heterocycles. The zero-order valence-electron chi connectivity index (χ0n) is 8.25. The summed E-state index contributed by atoms with van der Waals surface area (Å²) in [4.78, 5) is 21.7. The summed E-state index contributed by atoms with van der Waals surface area (Å²) in [6.45, 7) is 0. The molecule has 0 unspecified atom stereocenters. The molecule has 0 spiro atoms. The lowest BCUT2D eigenvalue weighted by Crippen LogP contribution is -2.01. The van der Waals surface area contributed by atoms with Crippen molar-refractivity contribution in [3.63, 3.8) is 0 Å². The number of thioether (sulfide) groups is 1. The second-order valence-corrected chi connectivity index (χ2v) is 3.97. The molecule has 0 atom stereocenters. The molecule has 0 saturated heterocycles. The van der Waals surface area contributed by atoms with Gasteiger partial charge in [0.15, 0.2) is 5.16 Å². The molecule has 0 bridgehead atoms. The monoisotopic (exact) mass is 235 g/mol. The maximum Gasteiger partial charge on any atom is 0.354 e. The van der Waals surface area contributed by atoms with E-state index in [-0.39, 0.29) is 5.69 Å². The summed E-state index contributed by atoms with van der Waals surface area (Å²) >= 11 is 1.48. The van der Waals surface area contributed by atoms with Crippen LogP contribution < -0.4 is 0 Å². The van der Waals surface area contributed by atoms with Gasteiger partial charge >= 0.3 is 5.97 Å². The smallest absolute Gasteiger partial charge is 0.354 e. The minimum absolute atomic E-state index is 0.0672. The van der Waals surface area contributed by atoms with Gasteiger partial charge in [-0.1, -0.05) is 17.8 Å². The zero-order chi connectivity index (χ0) is 11.4. The van der Waals surface area contributed by atoms with Crippen molar-refractivity contribution in [1.82, 2.24) is 15.0 Å². The molecule has 16 heavy (non-hydrogen) atoms. The van der Waals surface area contributed by atoms with Gasteiger partial charge in [0.2, 0.25) is 0 Å². The molecule has 0 radical (unpaired) electrons. The number of carboxylic acids is 1. The SMILES string of the molecule is O=C(O)c1cccc(CSc2ncc[nH]2)n1. The molecule has 0 amide bonds. The second-order valence-electron chi connectivity index (χ2n) is 3.00. The van der Waals surface area contributed by atoms with E-state index < -0.39 is 5.97 Å². The maximum absolute atomic E-state index is 10.7. The Morgan fingerprint density at radius 3 is 3.06 bits per heavy atom. The molecule has 2 heterocycles. The Labute approximate surface area is 95.9 Å². The zero-order valence-corrected chi connectivity index (χ0v) is 9.07. The van der Waals surface area contributed by atoms with E-state index in [2.05, 4.69) is 15.0 Å². The molecule has 0 saturated carbocycles. The molecule has 2 N–H and O–H groups in total. The molecular weight excluding hydrogens is 226 g/mol. The van der Waals surface area contributed by atoms with Gasteiger partial charge < -0.3 is 10.1 Å². The first-order valence-electron chi connectivity index (χ1n) is 4.57. The number of aromatic carboxylic acids is 1. The van der Waals surface area contributed by atoms with Crippen molar-refractivity contribution in [2.75, 3.05) is 0 Å². The second kappa shape index (κ2) is 4.80. The fourth-order valence-corrected chi connectivity index (χ4v) is 1.88.